The number of carbonyl (C=O) groups is 2. The second-order valence-corrected chi connectivity index (χ2v) is 9.74. The Morgan fingerprint density at radius 2 is 2.12 bits per heavy atom. The minimum absolute atomic E-state index is 0.0826. The molecule has 2 saturated carbocycles. The number of fused-ring (bicyclic) bond motifs is 1. The molecule has 0 amide bonds. The van der Waals surface area contributed by atoms with Crippen LogP contribution < -0.4 is 0 Å². The summed E-state index contributed by atoms with van der Waals surface area (Å²) in [5.41, 5.74) is 1.48. The van der Waals surface area contributed by atoms with Crippen molar-refractivity contribution in [2.75, 3.05) is 13.7 Å². The number of methoxy groups -OCH3 is 1. The Kier molecular flexibility index (Phi) is 10.2. The third-order valence-corrected chi connectivity index (χ3v) is 7.35. The Bertz CT molecular complexity index is 780. The van der Waals surface area contributed by atoms with Gasteiger partial charge in [-0.25, -0.2) is 0 Å². The van der Waals surface area contributed by atoms with E-state index in [1.807, 2.05) is 13.8 Å². The molecule has 3 aliphatic rings. The van der Waals surface area contributed by atoms with E-state index in [4.69, 9.17) is 14.2 Å². The highest BCUT2D eigenvalue weighted by molar-refractivity contribution is 5.91. The smallest absolute Gasteiger partial charge is 0.305 e. The van der Waals surface area contributed by atoms with E-state index in [0.717, 1.165) is 58.0 Å². The van der Waals surface area contributed by atoms with Crippen molar-refractivity contribution in [2.45, 2.75) is 90.4 Å². The van der Waals surface area contributed by atoms with Crippen molar-refractivity contribution in [1.82, 2.24) is 0 Å². The van der Waals surface area contributed by atoms with E-state index in [2.05, 4.69) is 24.0 Å². The molecule has 0 aromatic rings. The molecule has 1 saturated heterocycles. The number of ether oxygens (including phenoxy) is 3. The number of hydrogen-bond acceptors (Lipinski definition) is 5. The van der Waals surface area contributed by atoms with Crippen molar-refractivity contribution in [3.05, 3.63) is 23.8 Å². The van der Waals surface area contributed by atoms with Gasteiger partial charge >= 0.3 is 5.97 Å². The Morgan fingerprint density at radius 3 is 2.85 bits per heavy atom. The molecule has 0 aromatic heterocycles. The molecule has 5 nitrogen and oxygen atoms in total. The van der Waals surface area contributed by atoms with Crippen LogP contribution in [0.2, 0.25) is 0 Å². The number of unbranched alkanes of at least 4 members (excludes halogenated alkanes) is 1. The Morgan fingerprint density at radius 1 is 1.27 bits per heavy atom. The zero-order valence-electron chi connectivity index (χ0n) is 20.5. The van der Waals surface area contributed by atoms with E-state index in [0.29, 0.717) is 24.7 Å². The maximum Gasteiger partial charge on any atom is 0.305 e. The third kappa shape index (κ3) is 7.55. The predicted molar refractivity (Wildman–Crippen MR) is 128 cm³/mol. The second-order valence-electron chi connectivity index (χ2n) is 9.74. The molecule has 3 rings (SSSR count). The lowest BCUT2D eigenvalue weighted by atomic mass is 9.89. The van der Waals surface area contributed by atoms with Crippen LogP contribution in [0.5, 0.6) is 0 Å². The molecular formula is C28H40O5. The van der Waals surface area contributed by atoms with Gasteiger partial charge in [0.1, 0.15) is 0 Å². The van der Waals surface area contributed by atoms with Crippen molar-refractivity contribution in [1.29, 1.82) is 0 Å². The van der Waals surface area contributed by atoms with Gasteiger partial charge in [-0.3, -0.25) is 9.59 Å². The standard InChI is InChI=1S/C28H40O5/c1-4-5-10-20(2)25(29)15-14-23-24-18-21(11-6-7-12-27(30)31-3)17-22(24)19-26(23)33-28-13-8-9-16-32-28/h11,14-15,20,22-24,26,28H,6-10,12-13,16-19H2,1-3H3/b15-14+,21-11+/t20?,22-,23+,24-,26+,28?/m0/s1. The van der Waals surface area contributed by atoms with Crippen molar-refractivity contribution in [2.24, 2.45) is 23.7 Å². The average Bonchev–Trinajstić information content (AvgIpc) is 3.36. The summed E-state index contributed by atoms with van der Waals surface area (Å²) in [6.07, 6.45) is 15.4. The second kappa shape index (κ2) is 13.1. The number of carbonyl (C=O) groups excluding carboxylic acids is 2. The van der Waals surface area contributed by atoms with E-state index in [-0.39, 0.29) is 36.0 Å². The van der Waals surface area contributed by atoms with Gasteiger partial charge in [0.25, 0.3) is 0 Å². The molecule has 6 atom stereocenters. The van der Waals surface area contributed by atoms with E-state index >= 15 is 0 Å². The minimum Gasteiger partial charge on any atom is -0.469 e. The maximum absolute atomic E-state index is 12.6. The molecule has 2 unspecified atom stereocenters. The summed E-state index contributed by atoms with van der Waals surface area (Å²) in [5.74, 6) is 7.12. The van der Waals surface area contributed by atoms with Crippen LogP contribution in [-0.4, -0.2) is 37.9 Å². The minimum atomic E-state index is -0.143. The van der Waals surface area contributed by atoms with Crippen molar-refractivity contribution >= 4 is 11.8 Å². The number of hydrogen-bond donors (Lipinski definition) is 0. The summed E-state index contributed by atoms with van der Waals surface area (Å²) in [6, 6.07) is 0. The molecule has 3 fully saturated rings. The van der Waals surface area contributed by atoms with Gasteiger partial charge in [0.2, 0.25) is 0 Å². The molecular weight excluding hydrogens is 416 g/mol. The maximum atomic E-state index is 12.6. The van der Waals surface area contributed by atoms with Gasteiger partial charge in [0, 0.05) is 31.3 Å². The van der Waals surface area contributed by atoms with Gasteiger partial charge < -0.3 is 14.2 Å². The Labute approximate surface area is 199 Å². The van der Waals surface area contributed by atoms with E-state index in [1.165, 1.54) is 12.7 Å². The van der Waals surface area contributed by atoms with Crippen LogP contribution >= 0.6 is 0 Å². The largest absolute Gasteiger partial charge is 0.469 e. The first-order valence-electron chi connectivity index (χ1n) is 12.6. The highest BCUT2D eigenvalue weighted by Crippen LogP contribution is 2.52. The van der Waals surface area contributed by atoms with Gasteiger partial charge in [-0.05, 0) is 76.2 Å². The zero-order chi connectivity index (χ0) is 23.6. The first-order chi connectivity index (χ1) is 16.0. The topological polar surface area (TPSA) is 61.8 Å². The lowest BCUT2D eigenvalue weighted by Crippen LogP contribution is -2.30. The molecule has 1 aliphatic heterocycles. The highest BCUT2D eigenvalue weighted by atomic mass is 16.7. The fraction of sp³-hybridized carbons (Fsp3) is 0.714. The van der Waals surface area contributed by atoms with Gasteiger partial charge in [-0.2, -0.15) is 0 Å². The van der Waals surface area contributed by atoms with Crippen LogP contribution in [0, 0.1) is 35.5 Å². The summed E-state index contributed by atoms with van der Waals surface area (Å²) in [6.45, 7) is 4.53. The van der Waals surface area contributed by atoms with Crippen molar-refractivity contribution in [3.8, 4) is 11.8 Å². The number of rotatable bonds is 10. The fourth-order valence-electron chi connectivity index (χ4n) is 5.45. The number of esters is 1. The fourth-order valence-corrected chi connectivity index (χ4v) is 5.45. The average molecular weight is 457 g/mol. The Hall–Kier alpha value is -1.90. The summed E-state index contributed by atoms with van der Waals surface area (Å²) in [7, 11) is 1.44. The molecule has 2 aliphatic carbocycles. The molecule has 0 spiro atoms. The molecule has 5 heteroatoms. The van der Waals surface area contributed by atoms with Crippen LogP contribution in [0.25, 0.3) is 0 Å². The van der Waals surface area contributed by atoms with E-state index in [1.54, 1.807) is 6.08 Å². The SMILES string of the molecule is CC#CCC(C)C(=O)/C=C/[C@@H]1[C@H]2C/C(=C/CCCC(=O)OC)C[C@H]2C[C@H]1OC1CCCCO1. The van der Waals surface area contributed by atoms with Crippen LogP contribution in [0.3, 0.4) is 0 Å². The van der Waals surface area contributed by atoms with Crippen LogP contribution in [0.4, 0.5) is 0 Å². The van der Waals surface area contributed by atoms with Gasteiger partial charge in [0.15, 0.2) is 12.1 Å². The normalized spacial score (nSPS) is 31.2. The third-order valence-electron chi connectivity index (χ3n) is 7.35. The molecule has 0 aromatic carbocycles. The van der Waals surface area contributed by atoms with Crippen molar-refractivity contribution in [3.63, 3.8) is 0 Å². The van der Waals surface area contributed by atoms with Crippen molar-refractivity contribution < 1.29 is 23.8 Å². The van der Waals surface area contributed by atoms with Crippen LogP contribution in [-0.2, 0) is 23.8 Å². The monoisotopic (exact) mass is 456 g/mol. The quantitative estimate of drug-likeness (QED) is 0.145. The molecule has 0 N–H and O–H groups in total. The summed E-state index contributed by atoms with van der Waals surface area (Å²) in [4.78, 5) is 24.0. The number of ketones is 1. The zero-order valence-corrected chi connectivity index (χ0v) is 20.5. The lowest BCUT2D eigenvalue weighted by molar-refractivity contribution is -0.193. The summed E-state index contributed by atoms with van der Waals surface area (Å²) >= 11 is 0. The first kappa shape index (κ1) is 25.7. The van der Waals surface area contributed by atoms with E-state index < -0.39 is 0 Å². The van der Waals surface area contributed by atoms with E-state index in [9.17, 15) is 9.59 Å². The summed E-state index contributed by atoms with van der Waals surface area (Å²) in [5, 5.41) is 0. The van der Waals surface area contributed by atoms with Gasteiger partial charge in [0.05, 0.1) is 13.2 Å². The van der Waals surface area contributed by atoms with Gasteiger partial charge in [-0.15, -0.1) is 11.8 Å². The molecule has 182 valence electrons. The Balaban J connectivity index is 1.63. The number of allylic oxidation sites excluding steroid dienone is 3. The lowest BCUT2D eigenvalue weighted by Gasteiger charge is -2.29. The predicted octanol–water partition coefficient (Wildman–Crippen LogP) is 5.39. The molecule has 0 radical (unpaired) electrons. The molecule has 0 bridgehead atoms. The highest BCUT2D eigenvalue weighted by Gasteiger charge is 2.47. The van der Waals surface area contributed by atoms with Crippen LogP contribution in [0.15, 0.2) is 23.8 Å². The summed E-state index contributed by atoms with van der Waals surface area (Å²) < 4.78 is 17.0. The molecule has 33 heavy (non-hydrogen) atoms. The van der Waals surface area contributed by atoms with Gasteiger partial charge in [-0.1, -0.05) is 24.6 Å². The molecule has 1 heterocycles. The first-order valence-corrected chi connectivity index (χ1v) is 12.6. The van der Waals surface area contributed by atoms with Crippen LogP contribution in [0.1, 0.15) is 78.1 Å².